The first-order valence-corrected chi connectivity index (χ1v) is 6.62. The van der Waals surface area contributed by atoms with Crippen molar-refractivity contribution in [3.8, 4) is 0 Å². The Balaban J connectivity index is 2.00. The number of methoxy groups -OCH3 is 1. The van der Waals surface area contributed by atoms with Crippen molar-refractivity contribution in [2.75, 3.05) is 7.11 Å². The summed E-state index contributed by atoms with van der Waals surface area (Å²) in [5, 5.41) is 3.23. The van der Waals surface area contributed by atoms with E-state index in [-0.39, 0.29) is 5.91 Å². The van der Waals surface area contributed by atoms with Crippen LogP contribution in [-0.4, -0.2) is 22.4 Å². The molecule has 0 fully saturated rings. The van der Waals surface area contributed by atoms with Gasteiger partial charge in [-0.05, 0) is 29.6 Å². The lowest BCUT2D eigenvalue weighted by molar-refractivity contribution is 0.0950. The van der Waals surface area contributed by atoms with Crippen molar-refractivity contribution in [2.45, 2.75) is 20.1 Å². The molecule has 0 spiro atoms. The number of benzene rings is 1. The zero-order chi connectivity index (χ0) is 13.7. The van der Waals surface area contributed by atoms with Crippen molar-refractivity contribution in [3.05, 3.63) is 46.2 Å². The van der Waals surface area contributed by atoms with Gasteiger partial charge in [-0.2, -0.15) is 4.37 Å². The molecule has 0 aliphatic heterocycles. The van der Waals surface area contributed by atoms with Gasteiger partial charge in [0.25, 0.3) is 5.91 Å². The fraction of sp³-hybridized carbons (Fsp3) is 0.308. The molecule has 1 aromatic carbocycles. The quantitative estimate of drug-likeness (QED) is 0.907. The highest BCUT2D eigenvalue weighted by Gasteiger charge is 2.11. The molecule has 6 heteroatoms. The predicted molar refractivity (Wildman–Crippen MR) is 73.0 cm³/mol. The summed E-state index contributed by atoms with van der Waals surface area (Å²) in [5.41, 5.74) is 2.11. The Kier molecular flexibility index (Phi) is 4.59. The summed E-state index contributed by atoms with van der Waals surface area (Å²) in [6.45, 7) is 2.75. The molecular formula is C13H15N3O2S. The van der Waals surface area contributed by atoms with Crippen LogP contribution in [0.25, 0.3) is 0 Å². The van der Waals surface area contributed by atoms with Crippen LogP contribution in [0.3, 0.4) is 0 Å². The first kappa shape index (κ1) is 13.6. The molecule has 5 nitrogen and oxygen atoms in total. The van der Waals surface area contributed by atoms with Crippen LogP contribution in [0.1, 0.15) is 26.8 Å². The lowest BCUT2D eigenvalue weighted by Crippen LogP contribution is -2.23. The third-order valence-corrected chi connectivity index (χ3v) is 3.38. The second kappa shape index (κ2) is 6.40. The molecule has 0 unspecified atom stereocenters. The van der Waals surface area contributed by atoms with Gasteiger partial charge in [-0.15, -0.1) is 0 Å². The van der Waals surface area contributed by atoms with Crippen LogP contribution in [0.15, 0.2) is 24.3 Å². The standard InChI is InChI=1S/C13H15N3O2S/c1-9-15-13(19-16-9)12(17)14-7-10-5-3-4-6-11(10)8-18-2/h3-6H,7-8H2,1-2H3,(H,14,17). The van der Waals surface area contributed by atoms with E-state index < -0.39 is 0 Å². The highest BCUT2D eigenvalue weighted by molar-refractivity contribution is 7.07. The number of nitrogens with zero attached hydrogens (tertiary/aromatic N) is 2. The van der Waals surface area contributed by atoms with Crippen LogP contribution in [0, 0.1) is 6.92 Å². The average molecular weight is 277 g/mol. The minimum absolute atomic E-state index is 0.196. The van der Waals surface area contributed by atoms with Crippen molar-refractivity contribution in [1.82, 2.24) is 14.7 Å². The Hall–Kier alpha value is -1.79. The monoisotopic (exact) mass is 277 g/mol. The number of aryl methyl sites for hydroxylation is 1. The zero-order valence-corrected chi connectivity index (χ0v) is 11.7. The van der Waals surface area contributed by atoms with E-state index in [1.54, 1.807) is 14.0 Å². The third-order valence-electron chi connectivity index (χ3n) is 2.58. The molecule has 2 aromatic rings. The first-order chi connectivity index (χ1) is 9.20. The van der Waals surface area contributed by atoms with Gasteiger partial charge in [0.15, 0.2) is 0 Å². The van der Waals surface area contributed by atoms with Crippen LogP contribution < -0.4 is 5.32 Å². The van der Waals surface area contributed by atoms with E-state index >= 15 is 0 Å². The van der Waals surface area contributed by atoms with Gasteiger partial charge in [0.2, 0.25) is 5.01 Å². The number of carbonyl (C=O) groups is 1. The number of rotatable bonds is 5. The Morgan fingerprint density at radius 2 is 2.11 bits per heavy atom. The lowest BCUT2D eigenvalue weighted by atomic mass is 10.1. The highest BCUT2D eigenvalue weighted by atomic mass is 32.1. The van der Waals surface area contributed by atoms with E-state index in [1.165, 1.54) is 0 Å². The molecule has 100 valence electrons. The zero-order valence-electron chi connectivity index (χ0n) is 10.8. The van der Waals surface area contributed by atoms with Crippen LogP contribution in [0.2, 0.25) is 0 Å². The number of ether oxygens (including phenoxy) is 1. The van der Waals surface area contributed by atoms with Crippen LogP contribution in [0.5, 0.6) is 0 Å². The Bertz CT molecular complexity index is 569. The van der Waals surface area contributed by atoms with E-state index in [9.17, 15) is 4.79 Å². The van der Waals surface area contributed by atoms with Crippen molar-refractivity contribution in [3.63, 3.8) is 0 Å². The summed E-state index contributed by atoms with van der Waals surface area (Å²) in [5.74, 6) is 0.424. The molecule has 0 atom stereocenters. The third kappa shape index (κ3) is 3.59. The Morgan fingerprint density at radius 3 is 2.74 bits per heavy atom. The van der Waals surface area contributed by atoms with Gasteiger partial charge in [0.1, 0.15) is 5.82 Å². The number of hydrogen-bond donors (Lipinski definition) is 1. The van der Waals surface area contributed by atoms with Crippen molar-refractivity contribution < 1.29 is 9.53 Å². The molecule has 0 aliphatic carbocycles. The summed E-state index contributed by atoms with van der Waals surface area (Å²) in [7, 11) is 1.65. The maximum atomic E-state index is 11.9. The Morgan fingerprint density at radius 1 is 1.37 bits per heavy atom. The van der Waals surface area contributed by atoms with E-state index in [0.717, 1.165) is 22.7 Å². The largest absolute Gasteiger partial charge is 0.380 e. The molecule has 19 heavy (non-hydrogen) atoms. The van der Waals surface area contributed by atoms with Gasteiger partial charge >= 0.3 is 0 Å². The SMILES string of the molecule is COCc1ccccc1CNC(=O)c1nc(C)ns1. The molecule has 1 heterocycles. The van der Waals surface area contributed by atoms with Crippen molar-refractivity contribution in [1.29, 1.82) is 0 Å². The number of amides is 1. The van der Waals surface area contributed by atoms with E-state index in [0.29, 0.717) is 24.0 Å². The second-order valence-corrected chi connectivity index (χ2v) is 4.78. The van der Waals surface area contributed by atoms with Crippen LogP contribution in [-0.2, 0) is 17.9 Å². The number of carbonyl (C=O) groups excluding carboxylic acids is 1. The molecule has 1 amide bonds. The minimum atomic E-state index is -0.196. The summed E-state index contributed by atoms with van der Waals surface area (Å²) in [6, 6.07) is 7.85. The molecule has 0 aliphatic rings. The minimum Gasteiger partial charge on any atom is -0.380 e. The molecule has 0 saturated heterocycles. The molecule has 0 bridgehead atoms. The van der Waals surface area contributed by atoms with Crippen LogP contribution in [0.4, 0.5) is 0 Å². The predicted octanol–water partition coefficient (Wildman–Crippen LogP) is 1.92. The summed E-state index contributed by atoms with van der Waals surface area (Å²) < 4.78 is 9.12. The molecule has 0 radical (unpaired) electrons. The molecular weight excluding hydrogens is 262 g/mol. The molecule has 2 rings (SSSR count). The normalized spacial score (nSPS) is 10.4. The number of hydrogen-bond acceptors (Lipinski definition) is 5. The molecule has 0 saturated carbocycles. The number of nitrogens with one attached hydrogen (secondary N) is 1. The fourth-order valence-electron chi connectivity index (χ4n) is 1.67. The van der Waals surface area contributed by atoms with Crippen LogP contribution >= 0.6 is 11.5 Å². The summed E-state index contributed by atoms with van der Waals surface area (Å²) >= 11 is 1.11. The van der Waals surface area contributed by atoms with Gasteiger partial charge in [0.05, 0.1) is 6.61 Å². The van der Waals surface area contributed by atoms with Gasteiger partial charge < -0.3 is 10.1 Å². The second-order valence-electron chi connectivity index (χ2n) is 4.03. The van der Waals surface area contributed by atoms with E-state index in [1.807, 2.05) is 24.3 Å². The van der Waals surface area contributed by atoms with Gasteiger partial charge in [0, 0.05) is 13.7 Å². The van der Waals surface area contributed by atoms with Crippen molar-refractivity contribution in [2.24, 2.45) is 0 Å². The topological polar surface area (TPSA) is 64.1 Å². The average Bonchev–Trinajstić information content (AvgIpc) is 2.84. The number of aromatic nitrogens is 2. The lowest BCUT2D eigenvalue weighted by Gasteiger charge is -2.09. The fourth-order valence-corrected chi connectivity index (χ4v) is 2.25. The smallest absolute Gasteiger partial charge is 0.282 e. The molecule has 1 aromatic heterocycles. The molecule has 1 N–H and O–H groups in total. The van der Waals surface area contributed by atoms with Gasteiger partial charge in [-0.3, -0.25) is 4.79 Å². The first-order valence-electron chi connectivity index (χ1n) is 5.85. The van der Waals surface area contributed by atoms with E-state index in [2.05, 4.69) is 14.7 Å². The van der Waals surface area contributed by atoms with Crippen molar-refractivity contribution >= 4 is 17.4 Å². The summed E-state index contributed by atoms with van der Waals surface area (Å²) in [6.07, 6.45) is 0. The van der Waals surface area contributed by atoms with E-state index in [4.69, 9.17) is 4.74 Å². The van der Waals surface area contributed by atoms with Gasteiger partial charge in [-0.25, -0.2) is 4.98 Å². The Labute approximate surface area is 115 Å². The maximum Gasteiger partial charge on any atom is 0.282 e. The highest BCUT2D eigenvalue weighted by Crippen LogP contribution is 2.10. The summed E-state index contributed by atoms with van der Waals surface area (Å²) in [4.78, 5) is 15.9. The van der Waals surface area contributed by atoms with Gasteiger partial charge in [-0.1, -0.05) is 24.3 Å². The maximum absolute atomic E-state index is 11.9.